The van der Waals surface area contributed by atoms with E-state index in [1.54, 1.807) is 6.20 Å². The van der Waals surface area contributed by atoms with E-state index in [1.807, 2.05) is 16.9 Å². The molecular formula is C23H30BrN5O2. The van der Waals surface area contributed by atoms with Gasteiger partial charge >= 0.3 is 0 Å². The summed E-state index contributed by atoms with van der Waals surface area (Å²) in [5.41, 5.74) is 4.55. The van der Waals surface area contributed by atoms with E-state index < -0.39 is 0 Å². The number of piperazine rings is 1. The van der Waals surface area contributed by atoms with Crippen molar-refractivity contribution in [2.45, 2.75) is 52.2 Å². The Balaban J connectivity index is 0.000000858. The lowest BCUT2D eigenvalue weighted by molar-refractivity contribution is -0.122. The Morgan fingerprint density at radius 1 is 1.06 bits per heavy atom. The second-order valence-corrected chi connectivity index (χ2v) is 9.79. The van der Waals surface area contributed by atoms with Gasteiger partial charge in [0.15, 0.2) is 5.65 Å². The summed E-state index contributed by atoms with van der Waals surface area (Å²) in [5, 5.41) is 11.2. The third kappa shape index (κ3) is 5.07. The average molecular weight is 488 g/mol. The fourth-order valence-electron chi connectivity index (χ4n) is 4.20. The van der Waals surface area contributed by atoms with Crippen LogP contribution < -0.4 is 4.90 Å². The monoisotopic (exact) mass is 487 g/mol. The summed E-state index contributed by atoms with van der Waals surface area (Å²) in [4.78, 5) is 18.0. The smallest absolute Gasteiger partial charge is 0.290 e. The molecule has 1 fully saturated rings. The molecule has 4 rings (SSSR count). The Hall–Kier alpha value is -2.45. The molecular weight excluding hydrogens is 458 g/mol. The predicted octanol–water partition coefficient (Wildman–Crippen LogP) is 4.56. The van der Waals surface area contributed by atoms with Crippen LogP contribution in [0.4, 0.5) is 5.69 Å². The van der Waals surface area contributed by atoms with Gasteiger partial charge in [0.25, 0.3) is 6.47 Å². The number of benzene rings is 1. The Bertz CT molecular complexity index is 1020. The summed E-state index contributed by atoms with van der Waals surface area (Å²) in [5.74, 6) is 0. The first-order valence-corrected chi connectivity index (χ1v) is 11.2. The van der Waals surface area contributed by atoms with Gasteiger partial charge in [0.2, 0.25) is 0 Å². The summed E-state index contributed by atoms with van der Waals surface area (Å²) in [6.45, 7) is 13.5. The van der Waals surface area contributed by atoms with Gasteiger partial charge in [0.1, 0.15) is 0 Å². The molecule has 1 aliphatic heterocycles. The van der Waals surface area contributed by atoms with Crippen LogP contribution >= 0.6 is 15.9 Å². The summed E-state index contributed by atoms with van der Waals surface area (Å²) in [6, 6.07) is 9.80. The minimum Gasteiger partial charge on any atom is -0.483 e. The van der Waals surface area contributed by atoms with Crippen LogP contribution in [0.3, 0.4) is 0 Å². The van der Waals surface area contributed by atoms with Crippen molar-refractivity contribution in [3.63, 3.8) is 0 Å². The Morgan fingerprint density at radius 3 is 2.19 bits per heavy atom. The molecule has 166 valence electrons. The van der Waals surface area contributed by atoms with Gasteiger partial charge in [-0.1, -0.05) is 12.1 Å². The lowest BCUT2D eigenvalue weighted by atomic mass is 9.98. The molecule has 1 aliphatic rings. The van der Waals surface area contributed by atoms with Crippen molar-refractivity contribution in [1.82, 2.24) is 19.5 Å². The molecule has 0 aliphatic carbocycles. The molecule has 2 atom stereocenters. The zero-order valence-electron chi connectivity index (χ0n) is 18.7. The number of anilines is 1. The molecule has 3 aromatic rings. The van der Waals surface area contributed by atoms with Gasteiger partial charge in [-0.2, -0.15) is 5.10 Å². The largest absolute Gasteiger partial charge is 0.483 e. The molecule has 0 spiro atoms. The quantitative estimate of drug-likeness (QED) is 0.534. The second-order valence-electron chi connectivity index (χ2n) is 8.94. The van der Waals surface area contributed by atoms with E-state index in [4.69, 9.17) is 9.90 Å². The third-order valence-corrected chi connectivity index (χ3v) is 6.24. The third-order valence-electron chi connectivity index (χ3n) is 5.68. The van der Waals surface area contributed by atoms with Crippen LogP contribution in [0.15, 0.2) is 47.3 Å². The van der Waals surface area contributed by atoms with E-state index in [2.05, 4.69) is 94.7 Å². The standard InChI is InChI=1S/C22H28BrN5.CH2O2/c1-15-12-26(22(3,4)5)13-16(2)28(15)19-8-6-17(7-9-19)18-10-24-21-20(23)11-25-27(21)14-18;2-1-3/h6-11,14-16H,12-13H2,1-5H3;1H,(H,2,3). The Morgan fingerprint density at radius 2 is 1.65 bits per heavy atom. The molecule has 1 aromatic carbocycles. The fraction of sp³-hybridized carbons (Fsp3) is 0.435. The SMILES string of the molecule is CC1CN(C(C)(C)C)CC(C)N1c1ccc(-c2cnc3c(Br)cnn3c2)cc1.O=CO. The average Bonchev–Trinajstić information content (AvgIpc) is 3.08. The van der Waals surface area contributed by atoms with Crippen LogP contribution in [0.25, 0.3) is 16.8 Å². The molecule has 2 unspecified atom stereocenters. The van der Waals surface area contributed by atoms with Crippen molar-refractivity contribution in [3.8, 4) is 11.1 Å². The van der Waals surface area contributed by atoms with Crippen molar-refractivity contribution in [2.75, 3.05) is 18.0 Å². The van der Waals surface area contributed by atoms with Gasteiger partial charge in [0.05, 0.1) is 10.7 Å². The number of rotatable bonds is 2. The van der Waals surface area contributed by atoms with Crippen LogP contribution in [0, 0.1) is 0 Å². The number of halogens is 1. The maximum absolute atomic E-state index is 8.36. The highest BCUT2D eigenvalue weighted by molar-refractivity contribution is 9.10. The number of aromatic nitrogens is 3. The number of fused-ring (bicyclic) bond motifs is 1. The van der Waals surface area contributed by atoms with Crippen molar-refractivity contribution in [3.05, 3.63) is 47.3 Å². The van der Waals surface area contributed by atoms with Crippen LogP contribution in [0.1, 0.15) is 34.6 Å². The summed E-state index contributed by atoms with van der Waals surface area (Å²) in [6.07, 6.45) is 5.70. The molecule has 7 nitrogen and oxygen atoms in total. The van der Waals surface area contributed by atoms with Gasteiger partial charge < -0.3 is 10.0 Å². The molecule has 31 heavy (non-hydrogen) atoms. The van der Waals surface area contributed by atoms with Gasteiger partial charge in [-0.25, -0.2) is 9.50 Å². The highest BCUT2D eigenvalue weighted by Gasteiger charge is 2.34. The molecule has 2 aromatic heterocycles. The zero-order valence-corrected chi connectivity index (χ0v) is 20.2. The summed E-state index contributed by atoms with van der Waals surface area (Å²) < 4.78 is 2.72. The topological polar surface area (TPSA) is 74.0 Å². The van der Waals surface area contributed by atoms with Gasteiger partial charge in [0, 0.05) is 54.4 Å². The van der Waals surface area contributed by atoms with E-state index in [1.165, 1.54) is 5.69 Å². The normalized spacial score (nSPS) is 19.7. The minimum atomic E-state index is -0.250. The number of hydrogen-bond acceptors (Lipinski definition) is 5. The first-order valence-electron chi connectivity index (χ1n) is 10.4. The van der Waals surface area contributed by atoms with Crippen molar-refractivity contribution in [1.29, 1.82) is 0 Å². The lowest BCUT2D eigenvalue weighted by Gasteiger charge is -2.50. The molecule has 8 heteroatoms. The number of nitrogens with zero attached hydrogens (tertiary/aromatic N) is 5. The molecule has 0 radical (unpaired) electrons. The number of hydrogen-bond donors (Lipinski definition) is 1. The van der Waals surface area contributed by atoms with Gasteiger partial charge in [-0.15, -0.1) is 0 Å². The molecule has 3 heterocycles. The highest BCUT2D eigenvalue weighted by Crippen LogP contribution is 2.30. The zero-order chi connectivity index (χ0) is 22.8. The van der Waals surface area contributed by atoms with E-state index in [9.17, 15) is 0 Å². The van der Waals surface area contributed by atoms with Crippen molar-refractivity contribution in [2.24, 2.45) is 0 Å². The van der Waals surface area contributed by atoms with Crippen LogP contribution in [-0.4, -0.2) is 61.8 Å². The summed E-state index contributed by atoms with van der Waals surface area (Å²) >= 11 is 3.47. The molecule has 0 bridgehead atoms. The molecule has 1 N–H and O–H groups in total. The van der Waals surface area contributed by atoms with Crippen molar-refractivity contribution < 1.29 is 9.90 Å². The maximum Gasteiger partial charge on any atom is 0.290 e. The highest BCUT2D eigenvalue weighted by atomic mass is 79.9. The maximum atomic E-state index is 8.36. The van der Waals surface area contributed by atoms with Gasteiger partial charge in [-0.05, 0) is 68.2 Å². The lowest BCUT2D eigenvalue weighted by Crippen LogP contribution is -2.61. The van der Waals surface area contributed by atoms with Crippen LogP contribution in [0.5, 0.6) is 0 Å². The van der Waals surface area contributed by atoms with E-state index in [0.29, 0.717) is 12.1 Å². The van der Waals surface area contributed by atoms with Crippen LogP contribution in [-0.2, 0) is 4.79 Å². The fourth-order valence-corrected chi connectivity index (χ4v) is 4.58. The van der Waals surface area contributed by atoms with Crippen molar-refractivity contribution >= 4 is 33.7 Å². The Labute approximate surface area is 191 Å². The van der Waals surface area contributed by atoms with E-state index in [0.717, 1.165) is 34.3 Å². The first-order chi connectivity index (χ1) is 14.7. The molecule has 1 saturated heterocycles. The van der Waals surface area contributed by atoms with E-state index in [-0.39, 0.29) is 12.0 Å². The van der Waals surface area contributed by atoms with E-state index >= 15 is 0 Å². The minimum absolute atomic E-state index is 0.214. The Kier molecular flexibility index (Phi) is 7.01. The second kappa shape index (κ2) is 9.36. The van der Waals surface area contributed by atoms with Gasteiger partial charge in [-0.3, -0.25) is 9.69 Å². The van der Waals surface area contributed by atoms with Crippen LogP contribution in [0.2, 0.25) is 0 Å². The predicted molar refractivity (Wildman–Crippen MR) is 128 cm³/mol. The number of carbonyl (C=O) groups is 1. The molecule has 0 saturated carbocycles. The number of carboxylic acid groups (broad SMARTS) is 1. The molecule has 0 amide bonds. The summed E-state index contributed by atoms with van der Waals surface area (Å²) in [7, 11) is 0. The first kappa shape index (κ1) is 23.2.